The third-order valence-electron chi connectivity index (χ3n) is 4.67. The molecule has 1 fully saturated rings. The maximum atomic E-state index is 12.7. The first-order valence-electron chi connectivity index (χ1n) is 9.90. The number of carbonyl (C=O) groups excluding carboxylic acids is 2. The lowest BCUT2D eigenvalue weighted by molar-refractivity contribution is -0.123. The van der Waals surface area contributed by atoms with Crippen molar-refractivity contribution in [3.8, 4) is 0 Å². The van der Waals surface area contributed by atoms with Crippen molar-refractivity contribution in [2.75, 3.05) is 39.3 Å². The van der Waals surface area contributed by atoms with E-state index in [1.807, 2.05) is 49.6 Å². The number of rotatable bonds is 7. The molecule has 7 nitrogen and oxygen atoms in total. The van der Waals surface area contributed by atoms with E-state index in [0.717, 1.165) is 10.6 Å². The molecule has 0 saturated carbocycles. The smallest absolute Gasteiger partial charge is 0.409 e. The summed E-state index contributed by atoms with van der Waals surface area (Å²) in [5.41, 5.74) is 1.01. The summed E-state index contributed by atoms with van der Waals surface area (Å²) in [5.74, 6) is 0.268. The molecule has 156 valence electrons. The Balaban J connectivity index is 1.51. The maximum Gasteiger partial charge on any atom is 0.409 e. The average molecular weight is 417 g/mol. The Bertz CT molecular complexity index is 774. The van der Waals surface area contributed by atoms with Crippen LogP contribution in [0.1, 0.15) is 30.5 Å². The Kier molecular flexibility index (Phi) is 7.60. The van der Waals surface area contributed by atoms with Crippen LogP contribution in [0.5, 0.6) is 0 Å². The summed E-state index contributed by atoms with van der Waals surface area (Å²) in [4.78, 5) is 32.9. The molecule has 0 aliphatic carbocycles. The number of nitrogens with one attached hydrogen (secondary N) is 1. The second-order valence-electron chi connectivity index (χ2n) is 7.52. The quantitative estimate of drug-likeness (QED) is 0.751. The van der Waals surface area contributed by atoms with Gasteiger partial charge in [0.25, 0.3) is 0 Å². The second-order valence-corrected chi connectivity index (χ2v) is 8.44. The third-order valence-corrected chi connectivity index (χ3v) is 5.51. The molecule has 1 unspecified atom stereocenters. The molecule has 3 rings (SSSR count). The standard InChI is InChI=1S/C21H28N4O3S/c1-16(2)15-28-21(27)25-11-9-24(10-12-25)14-18(26)23-19(20-22-8-13-29-20)17-6-4-3-5-7-17/h3-8,13,16,19H,9-12,14-15H2,1-2H3,(H,23,26). The molecule has 2 aromatic rings. The van der Waals surface area contributed by atoms with Gasteiger partial charge in [0.1, 0.15) is 11.0 Å². The van der Waals surface area contributed by atoms with E-state index in [1.54, 1.807) is 11.1 Å². The van der Waals surface area contributed by atoms with E-state index in [0.29, 0.717) is 45.2 Å². The molecule has 2 heterocycles. The van der Waals surface area contributed by atoms with Gasteiger partial charge in [-0.05, 0) is 11.5 Å². The van der Waals surface area contributed by atoms with Gasteiger partial charge in [-0.15, -0.1) is 11.3 Å². The monoisotopic (exact) mass is 416 g/mol. The number of carbonyl (C=O) groups is 2. The molecule has 1 saturated heterocycles. The van der Waals surface area contributed by atoms with Crippen LogP contribution in [0, 0.1) is 5.92 Å². The zero-order valence-corrected chi connectivity index (χ0v) is 17.7. The average Bonchev–Trinajstić information content (AvgIpc) is 3.26. The molecule has 1 N–H and O–H groups in total. The van der Waals surface area contributed by atoms with Crippen LogP contribution in [0.2, 0.25) is 0 Å². The minimum Gasteiger partial charge on any atom is -0.449 e. The molecule has 0 spiro atoms. The highest BCUT2D eigenvalue weighted by atomic mass is 32.1. The van der Waals surface area contributed by atoms with Crippen LogP contribution < -0.4 is 5.32 Å². The molecule has 1 aromatic carbocycles. The fourth-order valence-corrected chi connectivity index (χ4v) is 3.85. The van der Waals surface area contributed by atoms with Gasteiger partial charge in [0, 0.05) is 37.8 Å². The number of aromatic nitrogens is 1. The van der Waals surface area contributed by atoms with Gasteiger partial charge in [0.15, 0.2) is 0 Å². The van der Waals surface area contributed by atoms with Crippen molar-refractivity contribution in [2.24, 2.45) is 5.92 Å². The molecule has 1 aromatic heterocycles. The van der Waals surface area contributed by atoms with Gasteiger partial charge in [0.05, 0.1) is 13.2 Å². The minimum atomic E-state index is -0.268. The number of hydrogen-bond acceptors (Lipinski definition) is 6. The molecule has 29 heavy (non-hydrogen) atoms. The summed E-state index contributed by atoms with van der Waals surface area (Å²) >= 11 is 1.53. The topological polar surface area (TPSA) is 74.8 Å². The molecule has 2 amide bonds. The van der Waals surface area contributed by atoms with Crippen LogP contribution in [0.15, 0.2) is 41.9 Å². The number of benzene rings is 1. The Hall–Kier alpha value is -2.45. The van der Waals surface area contributed by atoms with Crippen LogP contribution in [0.4, 0.5) is 4.79 Å². The van der Waals surface area contributed by atoms with E-state index >= 15 is 0 Å². The Morgan fingerprint density at radius 1 is 1.17 bits per heavy atom. The summed E-state index contributed by atoms with van der Waals surface area (Å²) in [7, 11) is 0. The van der Waals surface area contributed by atoms with E-state index in [-0.39, 0.29) is 18.0 Å². The number of piperazine rings is 1. The SMILES string of the molecule is CC(C)COC(=O)N1CCN(CC(=O)NC(c2ccccc2)c2nccs2)CC1. The van der Waals surface area contributed by atoms with E-state index in [1.165, 1.54) is 11.3 Å². The van der Waals surface area contributed by atoms with E-state index in [2.05, 4.69) is 15.2 Å². The fourth-order valence-electron chi connectivity index (χ4n) is 3.14. The van der Waals surface area contributed by atoms with E-state index < -0.39 is 0 Å². The third kappa shape index (κ3) is 6.27. The first-order valence-corrected chi connectivity index (χ1v) is 10.8. The van der Waals surface area contributed by atoms with Crippen LogP contribution in [0.3, 0.4) is 0 Å². The minimum absolute atomic E-state index is 0.0510. The van der Waals surface area contributed by atoms with Crippen LogP contribution >= 0.6 is 11.3 Å². The van der Waals surface area contributed by atoms with Gasteiger partial charge in [-0.2, -0.15) is 0 Å². The molecule has 8 heteroatoms. The zero-order valence-electron chi connectivity index (χ0n) is 16.9. The number of hydrogen-bond donors (Lipinski definition) is 1. The summed E-state index contributed by atoms with van der Waals surface area (Å²) in [6.45, 7) is 7.19. The predicted octanol–water partition coefficient (Wildman–Crippen LogP) is 2.76. The van der Waals surface area contributed by atoms with Gasteiger partial charge in [-0.1, -0.05) is 44.2 Å². The molecule has 1 atom stereocenters. The van der Waals surface area contributed by atoms with Gasteiger partial charge < -0.3 is 15.0 Å². The Morgan fingerprint density at radius 3 is 2.52 bits per heavy atom. The second kappa shape index (κ2) is 10.4. The van der Waals surface area contributed by atoms with Crippen LogP contribution in [-0.4, -0.2) is 66.1 Å². The lowest BCUT2D eigenvalue weighted by atomic mass is 10.1. The molecule has 1 aliphatic rings. The van der Waals surface area contributed by atoms with Gasteiger partial charge >= 0.3 is 6.09 Å². The van der Waals surface area contributed by atoms with Crippen molar-refractivity contribution in [3.63, 3.8) is 0 Å². The zero-order chi connectivity index (χ0) is 20.6. The number of ether oxygens (including phenoxy) is 1. The van der Waals surface area contributed by atoms with Crippen molar-refractivity contribution < 1.29 is 14.3 Å². The summed E-state index contributed by atoms with van der Waals surface area (Å²) in [6.07, 6.45) is 1.48. The Morgan fingerprint density at radius 2 is 1.90 bits per heavy atom. The molecule has 0 radical (unpaired) electrons. The summed E-state index contributed by atoms with van der Waals surface area (Å²) in [6, 6.07) is 9.60. The Labute approximate surface area is 175 Å². The number of nitrogens with zero attached hydrogens (tertiary/aromatic N) is 3. The lowest BCUT2D eigenvalue weighted by Crippen LogP contribution is -2.51. The normalized spacial score (nSPS) is 15.9. The largest absolute Gasteiger partial charge is 0.449 e. The predicted molar refractivity (Wildman–Crippen MR) is 113 cm³/mol. The molecule has 0 bridgehead atoms. The summed E-state index contributed by atoms with van der Waals surface area (Å²) < 4.78 is 5.29. The first-order chi connectivity index (χ1) is 14.0. The van der Waals surface area contributed by atoms with Gasteiger partial charge in [-0.25, -0.2) is 9.78 Å². The number of amides is 2. The van der Waals surface area contributed by atoms with Crippen molar-refractivity contribution in [3.05, 3.63) is 52.5 Å². The van der Waals surface area contributed by atoms with E-state index in [4.69, 9.17) is 4.74 Å². The van der Waals surface area contributed by atoms with Crippen LogP contribution in [0.25, 0.3) is 0 Å². The maximum absolute atomic E-state index is 12.7. The lowest BCUT2D eigenvalue weighted by Gasteiger charge is -2.34. The number of thiazole rings is 1. The molecule has 1 aliphatic heterocycles. The van der Waals surface area contributed by atoms with Crippen molar-refractivity contribution >= 4 is 23.3 Å². The van der Waals surface area contributed by atoms with E-state index in [9.17, 15) is 9.59 Å². The fraction of sp³-hybridized carbons (Fsp3) is 0.476. The van der Waals surface area contributed by atoms with Crippen molar-refractivity contribution in [1.29, 1.82) is 0 Å². The molecular weight excluding hydrogens is 388 g/mol. The van der Waals surface area contributed by atoms with Gasteiger partial charge in [-0.3, -0.25) is 9.69 Å². The molecular formula is C21H28N4O3S. The highest BCUT2D eigenvalue weighted by Crippen LogP contribution is 2.23. The highest BCUT2D eigenvalue weighted by Gasteiger charge is 2.25. The van der Waals surface area contributed by atoms with Crippen LogP contribution in [-0.2, 0) is 9.53 Å². The first kappa shape index (κ1) is 21.3. The van der Waals surface area contributed by atoms with Gasteiger partial charge in [0.2, 0.25) is 5.91 Å². The highest BCUT2D eigenvalue weighted by molar-refractivity contribution is 7.09. The summed E-state index contributed by atoms with van der Waals surface area (Å²) in [5, 5.41) is 5.89. The van der Waals surface area contributed by atoms with Crippen molar-refractivity contribution in [2.45, 2.75) is 19.9 Å². The van der Waals surface area contributed by atoms with Crippen molar-refractivity contribution in [1.82, 2.24) is 20.1 Å².